The van der Waals surface area contributed by atoms with E-state index in [1.807, 2.05) is 96.2 Å². The van der Waals surface area contributed by atoms with E-state index in [0.29, 0.717) is 13.1 Å². The number of rotatable bonds is 7. The number of hydrogen-bond donors (Lipinski definition) is 2. The zero-order valence-corrected chi connectivity index (χ0v) is 21.1. The summed E-state index contributed by atoms with van der Waals surface area (Å²) in [6, 6.07) is 27.3. The van der Waals surface area contributed by atoms with Crippen molar-refractivity contribution >= 4 is 17.5 Å². The van der Waals surface area contributed by atoms with Crippen LogP contribution in [0.2, 0.25) is 0 Å². The van der Waals surface area contributed by atoms with Crippen LogP contribution in [0.25, 0.3) is 5.69 Å². The molecule has 1 aromatic heterocycles. The van der Waals surface area contributed by atoms with E-state index in [2.05, 4.69) is 22.8 Å². The predicted molar refractivity (Wildman–Crippen MR) is 145 cm³/mol. The van der Waals surface area contributed by atoms with E-state index in [9.17, 15) is 9.59 Å². The van der Waals surface area contributed by atoms with E-state index in [0.717, 1.165) is 40.3 Å². The fraction of sp³-hybridized carbons (Fsp3) is 0.233. The monoisotopic (exact) mass is 493 g/mol. The molecule has 1 saturated heterocycles. The Balaban J connectivity index is 1.37. The number of benzene rings is 3. The average Bonchev–Trinajstić information content (AvgIpc) is 3.20. The first-order valence-electron chi connectivity index (χ1n) is 12.6. The number of hydrogen-bond acceptors (Lipinski definition) is 4. The number of para-hydroxylation sites is 2. The van der Waals surface area contributed by atoms with Crippen LogP contribution in [0.15, 0.2) is 84.9 Å². The number of amides is 2. The Kier molecular flexibility index (Phi) is 7.14. The van der Waals surface area contributed by atoms with Gasteiger partial charge in [-0.1, -0.05) is 66.7 Å². The third kappa shape index (κ3) is 5.32. The smallest absolute Gasteiger partial charge is 0.242 e. The van der Waals surface area contributed by atoms with Crippen molar-refractivity contribution in [3.8, 4) is 5.69 Å². The zero-order chi connectivity index (χ0) is 25.8. The molecule has 188 valence electrons. The number of aryl methyl sites for hydroxylation is 1. The Morgan fingerprint density at radius 2 is 1.65 bits per heavy atom. The molecule has 3 aromatic carbocycles. The van der Waals surface area contributed by atoms with Crippen LogP contribution in [-0.2, 0) is 16.0 Å². The average molecular weight is 494 g/mol. The van der Waals surface area contributed by atoms with Gasteiger partial charge in [-0.25, -0.2) is 4.68 Å². The maximum Gasteiger partial charge on any atom is 0.242 e. The molecule has 7 heteroatoms. The summed E-state index contributed by atoms with van der Waals surface area (Å²) >= 11 is 0. The van der Waals surface area contributed by atoms with E-state index in [1.165, 1.54) is 5.56 Å². The molecule has 37 heavy (non-hydrogen) atoms. The van der Waals surface area contributed by atoms with Gasteiger partial charge in [0, 0.05) is 30.0 Å². The quantitative estimate of drug-likeness (QED) is 0.405. The van der Waals surface area contributed by atoms with Crippen molar-refractivity contribution in [2.24, 2.45) is 0 Å². The van der Waals surface area contributed by atoms with E-state index in [-0.39, 0.29) is 18.4 Å². The van der Waals surface area contributed by atoms with Crippen molar-refractivity contribution in [3.05, 3.63) is 113 Å². The van der Waals surface area contributed by atoms with Crippen LogP contribution in [0.4, 0.5) is 5.69 Å². The van der Waals surface area contributed by atoms with Crippen LogP contribution in [0.1, 0.15) is 34.1 Å². The first-order chi connectivity index (χ1) is 18.0. The van der Waals surface area contributed by atoms with Gasteiger partial charge in [0.15, 0.2) is 0 Å². The lowest BCUT2D eigenvalue weighted by atomic mass is 10.00. The molecule has 1 atom stereocenters. The van der Waals surface area contributed by atoms with Gasteiger partial charge < -0.3 is 10.6 Å². The highest BCUT2D eigenvalue weighted by Crippen LogP contribution is 2.30. The summed E-state index contributed by atoms with van der Waals surface area (Å²) in [6.45, 7) is 5.07. The van der Waals surface area contributed by atoms with Crippen molar-refractivity contribution in [1.82, 2.24) is 20.0 Å². The first-order valence-corrected chi connectivity index (χ1v) is 12.6. The highest BCUT2D eigenvalue weighted by atomic mass is 16.2. The number of piperazine rings is 1. The van der Waals surface area contributed by atoms with Crippen LogP contribution in [0, 0.1) is 13.8 Å². The molecular weight excluding hydrogens is 462 g/mol. The maximum absolute atomic E-state index is 13.3. The lowest BCUT2D eigenvalue weighted by molar-refractivity contribution is -0.130. The highest BCUT2D eigenvalue weighted by molar-refractivity contribution is 5.94. The van der Waals surface area contributed by atoms with Crippen LogP contribution >= 0.6 is 0 Å². The largest absolute Gasteiger partial charge is 0.353 e. The van der Waals surface area contributed by atoms with Crippen LogP contribution in [0.3, 0.4) is 0 Å². The molecule has 5 rings (SSSR count). The standard InChI is InChI=1S/C30H31N5O2/c1-21-28(22(2)35(33-21)25-14-7-4-8-15-25)29-30(37)31-17-18-34(29)20-27(36)32-26-16-10-9-13-24(26)19-23-11-5-3-6-12-23/h3-16,29H,17-20H2,1-2H3,(H,31,37)(H,32,36). The summed E-state index contributed by atoms with van der Waals surface area (Å²) in [5.74, 6) is -0.256. The summed E-state index contributed by atoms with van der Waals surface area (Å²) in [4.78, 5) is 28.3. The molecule has 0 radical (unpaired) electrons. The van der Waals surface area contributed by atoms with Crippen molar-refractivity contribution in [1.29, 1.82) is 0 Å². The summed E-state index contributed by atoms with van der Waals surface area (Å²) in [5.41, 5.74) is 6.47. The number of aromatic nitrogens is 2. The second-order valence-corrected chi connectivity index (χ2v) is 9.36. The minimum atomic E-state index is -0.587. The summed E-state index contributed by atoms with van der Waals surface area (Å²) in [7, 11) is 0. The minimum Gasteiger partial charge on any atom is -0.353 e. The molecule has 2 heterocycles. The van der Waals surface area contributed by atoms with Crippen molar-refractivity contribution in [2.45, 2.75) is 26.3 Å². The fourth-order valence-electron chi connectivity index (χ4n) is 5.06. The van der Waals surface area contributed by atoms with Gasteiger partial charge in [-0.15, -0.1) is 0 Å². The normalized spacial score (nSPS) is 15.8. The third-order valence-electron chi connectivity index (χ3n) is 6.81. The van der Waals surface area contributed by atoms with Crippen LogP contribution < -0.4 is 10.6 Å². The van der Waals surface area contributed by atoms with Gasteiger partial charge in [0.2, 0.25) is 11.8 Å². The molecule has 1 aliphatic rings. The summed E-state index contributed by atoms with van der Waals surface area (Å²) in [5, 5.41) is 10.8. The van der Waals surface area contributed by atoms with Crippen molar-refractivity contribution in [2.75, 3.05) is 25.0 Å². The summed E-state index contributed by atoms with van der Waals surface area (Å²) in [6.07, 6.45) is 0.725. The molecule has 1 unspecified atom stereocenters. The fourth-order valence-corrected chi connectivity index (χ4v) is 5.06. The molecule has 0 saturated carbocycles. The third-order valence-corrected chi connectivity index (χ3v) is 6.81. The van der Waals surface area contributed by atoms with Gasteiger partial charge in [0.05, 0.1) is 17.9 Å². The Hall–Kier alpha value is -4.23. The molecule has 0 aliphatic carbocycles. The number of carbonyl (C=O) groups excluding carboxylic acids is 2. The predicted octanol–water partition coefficient (Wildman–Crippen LogP) is 4.19. The van der Waals surface area contributed by atoms with Crippen LogP contribution in [-0.4, -0.2) is 46.1 Å². The molecular formula is C30H31N5O2. The Morgan fingerprint density at radius 3 is 2.41 bits per heavy atom. The second kappa shape index (κ2) is 10.8. The first kappa shape index (κ1) is 24.5. The number of nitrogens with one attached hydrogen (secondary N) is 2. The van der Waals surface area contributed by atoms with Gasteiger partial charge in [-0.3, -0.25) is 14.5 Å². The Bertz CT molecular complexity index is 1400. The molecule has 7 nitrogen and oxygen atoms in total. The maximum atomic E-state index is 13.3. The topological polar surface area (TPSA) is 79.3 Å². The van der Waals surface area contributed by atoms with E-state index >= 15 is 0 Å². The molecule has 4 aromatic rings. The minimum absolute atomic E-state index is 0.104. The van der Waals surface area contributed by atoms with Crippen molar-refractivity contribution < 1.29 is 9.59 Å². The van der Waals surface area contributed by atoms with Crippen molar-refractivity contribution in [3.63, 3.8) is 0 Å². The van der Waals surface area contributed by atoms with E-state index < -0.39 is 6.04 Å². The molecule has 2 N–H and O–H groups in total. The van der Waals surface area contributed by atoms with Crippen LogP contribution in [0.5, 0.6) is 0 Å². The molecule has 2 amide bonds. The Morgan fingerprint density at radius 1 is 0.973 bits per heavy atom. The molecule has 0 bridgehead atoms. The molecule has 1 fully saturated rings. The number of nitrogens with zero attached hydrogens (tertiary/aromatic N) is 3. The highest BCUT2D eigenvalue weighted by Gasteiger charge is 2.36. The lowest BCUT2D eigenvalue weighted by Crippen LogP contribution is -2.52. The lowest BCUT2D eigenvalue weighted by Gasteiger charge is -2.34. The van der Waals surface area contributed by atoms with Gasteiger partial charge >= 0.3 is 0 Å². The summed E-state index contributed by atoms with van der Waals surface area (Å²) < 4.78 is 1.87. The Labute approximate surface area is 217 Å². The number of carbonyl (C=O) groups is 2. The van der Waals surface area contributed by atoms with Gasteiger partial charge in [0.25, 0.3) is 0 Å². The van der Waals surface area contributed by atoms with E-state index in [1.54, 1.807) is 0 Å². The van der Waals surface area contributed by atoms with Gasteiger partial charge in [-0.2, -0.15) is 5.10 Å². The number of anilines is 1. The SMILES string of the molecule is Cc1nn(-c2ccccc2)c(C)c1C1C(=O)NCCN1CC(=O)Nc1ccccc1Cc1ccccc1. The second-order valence-electron chi connectivity index (χ2n) is 9.36. The zero-order valence-electron chi connectivity index (χ0n) is 21.1. The van der Waals surface area contributed by atoms with E-state index in [4.69, 9.17) is 5.10 Å². The molecule has 0 spiro atoms. The van der Waals surface area contributed by atoms with Gasteiger partial charge in [0.1, 0.15) is 6.04 Å². The molecule has 1 aliphatic heterocycles. The van der Waals surface area contributed by atoms with Gasteiger partial charge in [-0.05, 0) is 49.6 Å².